The van der Waals surface area contributed by atoms with Crippen LogP contribution in [0.1, 0.15) is 11.3 Å². The third kappa shape index (κ3) is 3.47. The van der Waals surface area contributed by atoms with Crippen molar-refractivity contribution in [2.45, 2.75) is 13.3 Å². The van der Waals surface area contributed by atoms with E-state index in [1.807, 2.05) is 6.07 Å². The largest absolute Gasteiger partial charge is 0.573 e. The molecule has 2 N–H and O–H groups in total. The lowest BCUT2D eigenvalue weighted by Gasteiger charge is -2.10. The summed E-state index contributed by atoms with van der Waals surface area (Å²) in [4.78, 5) is 0. The van der Waals surface area contributed by atoms with Gasteiger partial charge in [-0.05, 0) is 42.3 Å². The van der Waals surface area contributed by atoms with Crippen molar-refractivity contribution in [3.63, 3.8) is 0 Å². The molecular weight excluding hydrogens is 345 g/mol. The van der Waals surface area contributed by atoms with Gasteiger partial charge in [0, 0.05) is 0 Å². The monoisotopic (exact) mass is 358 g/mol. The van der Waals surface area contributed by atoms with E-state index in [4.69, 9.17) is 11.0 Å². The Kier molecular flexibility index (Phi) is 4.30. The van der Waals surface area contributed by atoms with E-state index in [0.717, 1.165) is 11.1 Å². The van der Waals surface area contributed by atoms with Gasteiger partial charge in [0.05, 0.1) is 11.4 Å². The number of halogens is 3. The maximum atomic E-state index is 12.2. The van der Waals surface area contributed by atoms with Crippen molar-refractivity contribution in [2.75, 3.05) is 5.73 Å². The van der Waals surface area contributed by atoms with E-state index in [1.54, 1.807) is 31.2 Å². The van der Waals surface area contributed by atoms with Crippen LogP contribution in [0.5, 0.6) is 5.75 Å². The molecule has 26 heavy (non-hydrogen) atoms. The fraction of sp³-hybridized carbons (Fsp3) is 0.111. The van der Waals surface area contributed by atoms with E-state index in [0.29, 0.717) is 16.9 Å². The van der Waals surface area contributed by atoms with Gasteiger partial charge in [0.1, 0.15) is 23.2 Å². The van der Waals surface area contributed by atoms with Crippen LogP contribution in [0, 0.1) is 18.3 Å². The quantitative estimate of drug-likeness (QED) is 0.761. The van der Waals surface area contributed by atoms with E-state index in [-0.39, 0.29) is 11.6 Å². The zero-order valence-electron chi connectivity index (χ0n) is 13.6. The molecule has 0 aliphatic rings. The Labute approximate surface area is 147 Å². The van der Waals surface area contributed by atoms with Gasteiger partial charge in [0.2, 0.25) is 0 Å². The highest BCUT2D eigenvalue weighted by Gasteiger charge is 2.30. The molecule has 0 amide bonds. The summed E-state index contributed by atoms with van der Waals surface area (Å²) >= 11 is 0. The number of nitrogen functional groups attached to an aromatic ring is 1. The molecule has 0 saturated heterocycles. The molecule has 0 spiro atoms. The summed E-state index contributed by atoms with van der Waals surface area (Å²) < 4.78 is 41.9. The summed E-state index contributed by atoms with van der Waals surface area (Å²) in [6.07, 6.45) is -4.72. The van der Waals surface area contributed by atoms with Crippen molar-refractivity contribution in [3.8, 4) is 28.6 Å². The number of nitriles is 1. The normalized spacial score (nSPS) is 11.2. The molecule has 0 fully saturated rings. The van der Waals surface area contributed by atoms with E-state index < -0.39 is 6.36 Å². The number of nitrogens with zero attached hydrogens (tertiary/aromatic N) is 3. The number of alkyl halides is 3. The summed E-state index contributed by atoms with van der Waals surface area (Å²) in [5.74, 6) is -0.0203. The van der Waals surface area contributed by atoms with Crippen LogP contribution in [0.3, 0.4) is 0 Å². The Morgan fingerprint density at radius 1 is 1.04 bits per heavy atom. The van der Waals surface area contributed by atoms with Gasteiger partial charge >= 0.3 is 6.36 Å². The SMILES string of the molecule is Cc1nn(-c2ccc(-c3ccc(OC(F)(F)F)cc3)cc2)c(N)c1C#N. The molecule has 0 aliphatic heterocycles. The number of hydrogen-bond donors (Lipinski definition) is 1. The Morgan fingerprint density at radius 2 is 1.58 bits per heavy atom. The molecule has 1 heterocycles. The number of nitrogens with two attached hydrogens (primary N) is 1. The Hall–Kier alpha value is -3.47. The first-order valence-electron chi connectivity index (χ1n) is 7.50. The van der Waals surface area contributed by atoms with Gasteiger partial charge in [-0.15, -0.1) is 13.2 Å². The fourth-order valence-electron chi connectivity index (χ4n) is 2.52. The number of hydrogen-bond acceptors (Lipinski definition) is 4. The molecule has 3 rings (SSSR count). The van der Waals surface area contributed by atoms with Crippen LogP contribution in [0.4, 0.5) is 19.0 Å². The fourth-order valence-corrected chi connectivity index (χ4v) is 2.52. The summed E-state index contributed by atoms with van der Waals surface area (Å²) in [6.45, 7) is 1.70. The minimum Gasteiger partial charge on any atom is -0.406 e. The van der Waals surface area contributed by atoms with Crippen LogP contribution in [-0.4, -0.2) is 16.1 Å². The summed E-state index contributed by atoms with van der Waals surface area (Å²) in [5.41, 5.74) is 9.00. The van der Waals surface area contributed by atoms with Crippen molar-refractivity contribution in [1.29, 1.82) is 5.26 Å². The van der Waals surface area contributed by atoms with Gasteiger partial charge in [-0.1, -0.05) is 24.3 Å². The molecular formula is C18H13F3N4O. The predicted octanol–water partition coefficient (Wildman–Crippen LogP) is 4.20. The highest BCUT2D eigenvalue weighted by Crippen LogP contribution is 2.27. The van der Waals surface area contributed by atoms with Crippen molar-refractivity contribution in [2.24, 2.45) is 0 Å². The highest BCUT2D eigenvalue weighted by molar-refractivity contribution is 5.66. The molecule has 5 nitrogen and oxygen atoms in total. The third-order valence-corrected chi connectivity index (χ3v) is 3.74. The molecule has 1 aromatic heterocycles. The Morgan fingerprint density at radius 3 is 2.04 bits per heavy atom. The molecule has 2 aromatic carbocycles. The second-order valence-electron chi connectivity index (χ2n) is 5.49. The minimum absolute atomic E-state index is 0.256. The van der Waals surface area contributed by atoms with E-state index in [9.17, 15) is 13.2 Å². The Bertz CT molecular complexity index is 968. The summed E-state index contributed by atoms with van der Waals surface area (Å²) in [6, 6.07) is 14.7. The van der Waals surface area contributed by atoms with Crippen molar-refractivity contribution >= 4 is 5.82 Å². The smallest absolute Gasteiger partial charge is 0.406 e. The first-order valence-corrected chi connectivity index (χ1v) is 7.50. The molecule has 0 aliphatic carbocycles. The first-order chi connectivity index (χ1) is 12.3. The molecule has 132 valence electrons. The van der Waals surface area contributed by atoms with Crippen molar-refractivity contribution < 1.29 is 17.9 Å². The molecule has 3 aromatic rings. The zero-order chi connectivity index (χ0) is 18.9. The standard InChI is InChI=1S/C18H13F3N4O/c1-11-16(10-22)17(23)25(24-11)14-6-2-12(3-7-14)13-4-8-15(9-5-13)26-18(19,20)21/h2-9H,23H2,1H3. The van der Waals surface area contributed by atoms with Crippen LogP contribution in [0.2, 0.25) is 0 Å². The van der Waals surface area contributed by atoms with Gasteiger partial charge in [-0.25, -0.2) is 4.68 Å². The lowest BCUT2D eigenvalue weighted by Crippen LogP contribution is -2.16. The summed E-state index contributed by atoms with van der Waals surface area (Å²) in [5, 5.41) is 13.3. The van der Waals surface area contributed by atoms with Crippen molar-refractivity contribution in [3.05, 3.63) is 59.8 Å². The second kappa shape index (κ2) is 6.44. The average molecular weight is 358 g/mol. The Balaban J connectivity index is 1.85. The lowest BCUT2D eigenvalue weighted by atomic mass is 10.1. The minimum atomic E-state index is -4.72. The third-order valence-electron chi connectivity index (χ3n) is 3.74. The molecule has 0 unspecified atom stereocenters. The summed E-state index contributed by atoms with van der Waals surface area (Å²) in [7, 11) is 0. The number of ether oxygens (including phenoxy) is 1. The van der Waals surface area contributed by atoms with Gasteiger partial charge in [-0.3, -0.25) is 0 Å². The number of rotatable bonds is 3. The zero-order valence-corrected chi connectivity index (χ0v) is 13.6. The topological polar surface area (TPSA) is 76.9 Å². The lowest BCUT2D eigenvalue weighted by molar-refractivity contribution is -0.274. The molecule has 0 saturated carbocycles. The maximum absolute atomic E-state index is 12.2. The van der Waals surface area contributed by atoms with Gasteiger partial charge in [-0.2, -0.15) is 10.4 Å². The molecule has 8 heteroatoms. The predicted molar refractivity (Wildman–Crippen MR) is 89.5 cm³/mol. The van der Waals surface area contributed by atoms with E-state index in [1.165, 1.54) is 28.9 Å². The van der Waals surface area contributed by atoms with Crippen molar-refractivity contribution in [1.82, 2.24) is 9.78 Å². The van der Waals surface area contributed by atoms with Crippen LogP contribution in [0.15, 0.2) is 48.5 Å². The van der Waals surface area contributed by atoms with E-state index >= 15 is 0 Å². The average Bonchev–Trinajstić information content (AvgIpc) is 2.88. The van der Waals surface area contributed by atoms with Crippen LogP contribution >= 0.6 is 0 Å². The molecule has 0 atom stereocenters. The molecule has 0 bridgehead atoms. The van der Waals surface area contributed by atoms with Crippen LogP contribution in [-0.2, 0) is 0 Å². The number of anilines is 1. The number of aryl methyl sites for hydroxylation is 1. The first kappa shape index (κ1) is 17.4. The number of benzene rings is 2. The van der Waals surface area contributed by atoms with Crippen LogP contribution < -0.4 is 10.5 Å². The van der Waals surface area contributed by atoms with Crippen LogP contribution in [0.25, 0.3) is 16.8 Å². The van der Waals surface area contributed by atoms with E-state index in [2.05, 4.69) is 9.84 Å². The second-order valence-corrected chi connectivity index (χ2v) is 5.49. The number of aromatic nitrogens is 2. The highest BCUT2D eigenvalue weighted by atomic mass is 19.4. The molecule has 0 radical (unpaired) electrons. The van der Waals surface area contributed by atoms with Gasteiger partial charge < -0.3 is 10.5 Å². The van der Waals surface area contributed by atoms with Gasteiger partial charge in [0.15, 0.2) is 0 Å². The van der Waals surface area contributed by atoms with Gasteiger partial charge in [0.25, 0.3) is 0 Å². The maximum Gasteiger partial charge on any atom is 0.573 e.